The molecule has 3 aromatic rings. The standard InChI is InChI=1S/C20H23N3O2S/c1-12(2)18(15-8-6-5-7-9-15)22-16(24)10-23-11-21-19-17(20(23)25)13(3)14(4)26-19/h5-9,11-12,18H,10H2,1-4H3,(H,22,24). The summed E-state index contributed by atoms with van der Waals surface area (Å²) in [5, 5.41) is 3.67. The first-order valence-electron chi connectivity index (χ1n) is 8.68. The molecule has 1 amide bonds. The topological polar surface area (TPSA) is 64.0 Å². The third kappa shape index (κ3) is 3.55. The molecule has 0 radical (unpaired) electrons. The summed E-state index contributed by atoms with van der Waals surface area (Å²) in [6.45, 7) is 7.99. The van der Waals surface area contributed by atoms with Crippen molar-refractivity contribution in [2.75, 3.05) is 0 Å². The Labute approximate surface area is 156 Å². The second-order valence-electron chi connectivity index (χ2n) is 6.84. The molecule has 136 valence electrons. The van der Waals surface area contributed by atoms with E-state index in [0.29, 0.717) is 5.39 Å². The fourth-order valence-electron chi connectivity index (χ4n) is 3.05. The summed E-state index contributed by atoms with van der Waals surface area (Å²) < 4.78 is 1.39. The van der Waals surface area contributed by atoms with E-state index in [4.69, 9.17) is 0 Å². The second kappa shape index (κ2) is 7.41. The highest BCUT2D eigenvalue weighted by molar-refractivity contribution is 7.18. The van der Waals surface area contributed by atoms with Gasteiger partial charge in [0, 0.05) is 4.88 Å². The first kappa shape index (κ1) is 18.3. The van der Waals surface area contributed by atoms with Crippen LogP contribution >= 0.6 is 11.3 Å². The minimum Gasteiger partial charge on any atom is -0.347 e. The summed E-state index contributed by atoms with van der Waals surface area (Å²) in [6.07, 6.45) is 1.46. The number of carbonyl (C=O) groups excluding carboxylic acids is 1. The third-order valence-electron chi connectivity index (χ3n) is 4.61. The first-order valence-corrected chi connectivity index (χ1v) is 9.49. The number of aryl methyl sites for hydroxylation is 2. The van der Waals surface area contributed by atoms with Gasteiger partial charge in [-0.1, -0.05) is 44.2 Å². The quantitative estimate of drug-likeness (QED) is 0.747. The number of fused-ring (bicyclic) bond motifs is 1. The Morgan fingerprint density at radius 1 is 1.23 bits per heavy atom. The normalized spacial score (nSPS) is 12.5. The average molecular weight is 369 g/mol. The summed E-state index contributed by atoms with van der Waals surface area (Å²) in [6, 6.07) is 9.78. The van der Waals surface area contributed by atoms with Crippen LogP contribution in [0.1, 0.15) is 35.9 Å². The van der Waals surface area contributed by atoms with E-state index in [1.807, 2.05) is 44.2 Å². The van der Waals surface area contributed by atoms with Crippen molar-refractivity contribution >= 4 is 27.5 Å². The predicted octanol–water partition coefficient (Wildman–Crippen LogP) is 3.59. The second-order valence-corrected chi connectivity index (χ2v) is 8.04. The molecule has 0 bridgehead atoms. The molecular formula is C20H23N3O2S. The lowest BCUT2D eigenvalue weighted by atomic mass is 9.96. The van der Waals surface area contributed by atoms with Crippen LogP contribution in [0.2, 0.25) is 0 Å². The molecule has 2 heterocycles. The SMILES string of the molecule is Cc1sc2ncn(CC(=O)NC(c3ccccc3)C(C)C)c(=O)c2c1C. The smallest absolute Gasteiger partial charge is 0.262 e. The number of nitrogens with one attached hydrogen (secondary N) is 1. The summed E-state index contributed by atoms with van der Waals surface area (Å²) in [4.78, 5) is 31.5. The first-order chi connectivity index (χ1) is 12.4. The van der Waals surface area contributed by atoms with Crippen molar-refractivity contribution < 1.29 is 4.79 Å². The molecule has 26 heavy (non-hydrogen) atoms. The summed E-state index contributed by atoms with van der Waals surface area (Å²) in [5.41, 5.74) is 1.84. The maximum absolute atomic E-state index is 12.7. The molecule has 0 spiro atoms. The summed E-state index contributed by atoms with van der Waals surface area (Å²) in [7, 11) is 0. The predicted molar refractivity (Wildman–Crippen MR) is 106 cm³/mol. The van der Waals surface area contributed by atoms with Crippen LogP contribution in [0.3, 0.4) is 0 Å². The van der Waals surface area contributed by atoms with Gasteiger partial charge in [0.05, 0.1) is 17.8 Å². The Hall–Kier alpha value is -2.47. The molecule has 6 heteroatoms. The van der Waals surface area contributed by atoms with Crippen molar-refractivity contribution in [3.05, 3.63) is 63.0 Å². The van der Waals surface area contributed by atoms with Crippen molar-refractivity contribution in [2.45, 2.75) is 40.3 Å². The maximum atomic E-state index is 12.7. The minimum atomic E-state index is -0.194. The summed E-state index contributed by atoms with van der Waals surface area (Å²) in [5.74, 6) is 0.0425. The fraction of sp³-hybridized carbons (Fsp3) is 0.350. The molecule has 1 atom stereocenters. The van der Waals surface area contributed by atoms with E-state index in [1.165, 1.54) is 22.2 Å². The number of benzene rings is 1. The Morgan fingerprint density at radius 3 is 2.58 bits per heavy atom. The van der Waals surface area contributed by atoms with Crippen LogP contribution in [-0.4, -0.2) is 15.5 Å². The van der Waals surface area contributed by atoms with Gasteiger partial charge in [-0.05, 0) is 30.9 Å². The van der Waals surface area contributed by atoms with Gasteiger partial charge in [-0.25, -0.2) is 4.98 Å². The monoisotopic (exact) mass is 369 g/mol. The van der Waals surface area contributed by atoms with Crippen LogP contribution in [0.25, 0.3) is 10.2 Å². The Bertz CT molecular complexity index is 989. The lowest BCUT2D eigenvalue weighted by Crippen LogP contribution is -2.36. The largest absolute Gasteiger partial charge is 0.347 e. The number of thiophene rings is 1. The average Bonchev–Trinajstić information content (AvgIpc) is 2.91. The molecule has 2 aromatic heterocycles. The zero-order valence-electron chi connectivity index (χ0n) is 15.4. The van der Waals surface area contributed by atoms with Gasteiger partial charge in [0.25, 0.3) is 5.56 Å². The minimum absolute atomic E-state index is 0.0356. The van der Waals surface area contributed by atoms with Gasteiger partial charge >= 0.3 is 0 Å². The van der Waals surface area contributed by atoms with Crippen LogP contribution in [0.5, 0.6) is 0 Å². The fourth-order valence-corrected chi connectivity index (χ4v) is 4.04. The highest BCUT2D eigenvalue weighted by Gasteiger charge is 2.19. The zero-order valence-corrected chi connectivity index (χ0v) is 16.3. The van der Waals surface area contributed by atoms with Crippen LogP contribution in [0.15, 0.2) is 41.5 Å². The molecule has 0 saturated heterocycles. The Kier molecular flexibility index (Phi) is 5.23. The van der Waals surface area contributed by atoms with Crippen LogP contribution in [0, 0.1) is 19.8 Å². The van der Waals surface area contributed by atoms with Gasteiger partial charge in [0.2, 0.25) is 5.91 Å². The zero-order chi connectivity index (χ0) is 18.8. The number of nitrogens with zero attached hydrogens (tertiary/aromatic N) is 2. The van der Waals surface area contributed by atoms with E-state index in [0.717, 1.165) is 20.8 Å². The van der Waals surface area contributed by atoms with E-state index in [1.54, 1.807) is 0 Å². The summed E-state index contributed by atoms with van der Waals surface area (Å²) >= 11 is 1.51. The number of hydrogen-bond acceptors (Lipinski definition) is 4. The van der Waals surface area contributed by atoms with E-state index in [9.17, 15) is 9.59 Å². The lowest BCUT2D eigenvalue weighted by molar-refractivity contribution is -0.122. The van der Waals surface area contributed by atoms with Gasteiger partial charge in [0.1, 0.15) is 11.4 Å². The van der Waals surface area contributed by atoms with E-state index < -0.39 is 0 Å². The lowest BCUT2D eigenvalue weighted by Gasteiger charge is -2.23. The molecule has 0 saturated carbocycles. The van der Waals surface area contributed by atoms with Crippen molar-refractivity contribution in [3.63, 3.8) is 0 Å². The highest BCUT2D eigenvalue weighted by Crippen LogP contribution is 2.25. The molecule has 3 rings (SSSR count). The van der Waals surface area contributed by atoms with Gasteiger partial charge in [-0.3, -0.25) is 14.2 Å². The molecular weight excluding hydrogens is 346 g/mol. The number of hydrogen-bond donors (Lipinski definition) is 1. The number of aromatic nitrogens is 2. The van der Waals surface area contributed by atoms with Gasteiger partial charge < -0.3 is 5.32 Å². The maximum Gasteiger partial charge on any atom is 0.262 e. The van der Waals surface area contributed by atoms with Crippen molar-refractivity contribution in [2.24, 2.45) is 5.92 Å². The molecule has 0 fully saturated rings. The molecule has 1 aromatic carbocycles. The van der Waals surface area contributed by atoms with Crippen LogP contribution in [-0.2, 0) is 11.3 Å². The van der Waals surface area contributed by atoms with Crippen molar-refractivity contribution in [1.82, 2.24) is 14.9 Å². The van der Waals surface area contributed by atoms with Crippen molar-refractivity contribution in [3.8, 4) is 0 Å². The molecule has 0 aliphatic carbocycles. The number of carbonyl (C=O) groups is 1. The third-order valence-corrected chi connectivity index (χ3v) is 5.73. The highest BCUT2D eigenvalue weighted by atomic mass is 32.1. The Balaban J connectivity index is 1.83. The van der Waals surface area contributed by atoms with E-state index in [2.05, 4.69) is 24.1 Å². The van der Waals surface area contributed by atoms with Gasteiger partial charge in [-0.15, -0.1) is 11.3 Å². The molecule has 1 N–H and O–H groups in total. The number of amides is 1. The van der Waals surface area contributed by atoms with Gasteiger partial charge in [-0.2, -0.15) is 0 Å². The molecule has 5 nitrogen and oxygen atoms in total. The van der Waals surface area contributed by atoms with E-state index >= 15 is 0 Å². The Morgan fingerprint density at radius 2 is 1.92 bits per heavy atom. The number of rotatable bonds is 5. The van der Waals surface area contributed by atoms with Crippen LogP contribution < -0.4 is 10.9 Å². The van der Waals surface area contributed by atoms with Gasteiger partial charge in [0.15, 0.2) is 0 Å². The van der Waals surface area contributed by atoms with Crippen molar-refractivity contribution in [1.29, 1.82) is 0 Å². The molecule has 0 aliphatic rings. The van der Waals surface area contributed by atoms with E-state index in [-0.39, 0.29) is 30.0 Å². The van der Waals surface area contributed by atoms with Crippen LogP contribution in [0.4, 0.5) is 0 Å². The molecule has 0 aliphatic heterocycles. The molecule has 1 unspecified atom stereocenters.